The molecule has 15 rings (SSSR count). The molecule has 123 heavy (non-hydrogen) atoms. The van der Waals surface area contributed by atoms with Gasteiger partial charge in [-0.2, -0.15) is 22.3 Å². The van der Waals surface area contributed by atoms with E-state index >= 15 is 0 Å². The molecule has 0 bridgehead atoms. The predicted molar refractivity (Wildman–Crippen MR) is 420 cm³/mol. The average Bonchev–Trinajstić information content (AvgIpc) is 1.71. The zero-order valence-electron chi connectivity index (χ0n) is 65.9. The number of benzene rings is 7. The fourth-order valence-electron chi connectivity index (χ4n) is 9.27. The van der Waals surface area contributed by atoms with Gasteiger partial charge in [-0.05, 0) is 107 Å². The molecule has 7 aromatic carbocycles. The van der Waals surface area contributed by atoms with Crippen molar-refractivity contribution in [1.82, 2.24) is 49.6 Å². The third-order valence-corrected chi connectivity index (χ3v) is 15.5. The van der Waals surface area contributed by atoms with Crippen LogP contribution in [0.25, 0.3) is 62.1 Å². The van der Waals surface area contributed by atoms with Crippen molar-refractivity contribution in [3.05, 3.63) is 391 Å². The summed E-state index contributed by atoms with van der Waals surface area (Å²) in [5, 5.41) is 37.6. The van der Waals surface area contributed by atoms with Crippen molar-refractivity contribution in [2.45, 2.75) is 68.1 Å². The Bertz CT molecular complexity index is 5380. The number of aliphatic hydroxyl groups is 2. The average molecular weight is 2390 g/mol. The van der Waals surface area contributed by atoms with Crippen LogP contribution < -0.4 is 9.78 Å². The maximum absolute atomic E-state index is 13.4. The van der Waals surface area contributed by atoms with Crippen LogP contribution in [0, 0.1) is 124 Å². The summed E-state index contributed by atoms with van der Waals surface area (Å²) in [7, 11) is 0. The number of hydrogen-bond acceptors (Lipinski definition) is 12. The van der Waals surface area contributed by atoms with E-state index in [9.17, 15) is 62.7 Å². The number of aromatic carboxylic acids is 1. The molecule has 15 aromatic rings. The van der Waals surface area contributed by atoms with Crippen molar-refractivity contribution in [2.24, 2.45) is 10.8 Å². The van der Waals surface area contributed by atoms with E-state index in [2.05, 4.69) is 95.7 Å². The second kappa shape index (κ2) is 53.4. The summed E-state index contributed by atoms with van der Waals surface area (Å²) in [5.41, 5.74) is 5.98. The van der Waals surface area contributed by atoms with E-state index in [0.717, 1.165) is 71.9 Å². The van der Waals surface area contributed by atoms with Crippen LogP contribution in [0.1, 0.15) is 75.1 Å². The normalized spacial score (nSPS) is 10.1. The monoisotopic (exact) mass is 2400 g/mol. The van der Waals surface area contributed by atoms with E-state index in [1.54, 1.807) is 91.5 Å². The van der Waals surface area contributed by atoms with Crippen LogP contribution in [0.2, 0.25) is 0 Å². The number of aliphatic hydroxyl groups excluding tert-OH is 2. The number of halogens is 11. The summed E-state index contributed by atoms with van der Waals surface area (Å²) in [4.78, 5) is 52.9. The number of carbonyl (C=O) groups is 3. The Kier molecular flexibility index (Phi) is 45.9. The van der Waals surface area contributed by atoms with Crippen LogP contribution in [0.4, 0.5) is 48.3 Å². The number of carbonyl (C=O) groups excluding carboxylic acids is 2. The zero-order chi connectivity index (χ0) is 86.6. The number of rotatable bonds is 12. The van der Waals surface area contributed by atoms with Gasteiger partial charge >= 0.3 is 5.97 Å². The molecule has 0 unspecified atom stereocenters. The van der Waals surface area contributed by atoms with Gasteiger partial charge in [0.25, 0.3) is 0 Å². The maximum Gasteiger partial charge on any atom is 0.354 e. The van der Waals surface area contributed by atoms with Gasteiger partial charge in [-0.25, -0.2) is 9.78 Å². The first kappa shape index (κ1) is 106. The molecule has 0 aliphatic carbocycles. The van der Waals surface area contributed by atoms with Crippen LogP contribution in [0.3, 0.4) is 0 Å². The fraction of sp³-hybridized carbons (Fsp3) is 0.132. The van der Waals surface area contributed by atoms with Crippen LogP contribution in [-0.2, 0) is 103 Å². The van der Waals surface area contributed by atoms with Crippen LogP contribution >= 0.6 is 0 Å². The molecule has 0 saturated carbocycles. The van der Waals surface area contributed by atoms with Crippen molar-refractivity contribution < 1.29 is 163 Å². The van der Waals surface area contributed by atoms with Crippen LogP contribution in [0.15, 0.2) is 262 Å². The number of carboxylic acids is 1. The van der Waals surface area contributed by atoms with Gasteiger partial charge in [0.1, 0.15) is 22.9 Å². The van der Waals surface area contributed by atoms with Gasteiger partial charge in [-0.1, -0.05) is 118 Å². The second-order valence-electron chi connectivity index (χ2n) is 26.5. The second-order valence-corrected chi connectivity index (χ2v) is 26.5. The molecular formula is C91H73F11Ir4N11O6-7. The molecule has 0 fully saturated rings. The minimum atomic E-state index is -0.990. The summed E-state index contributed by atoms with van der Waals surface area (Å²) in [6.45, 7) is 12.8. The molecule has 17 nitrogen and oxygen atoms in total. The third kappa shape index (κ3) is 35.5. The first-order valence-corrected chi connectivity index (χ1v) is 35.5. The van der Waals surface area contributed by atoms with Crippen molar-refractivity contribution in [3.8, 4) is 62.1 Å². The number of aryl methyl sites for hydroxylation is 1. The van der Waals surface area contributed by atoms with Gasteiger partial charge in [0, 0.05) is 205 Å². The Balaban J connectivity index is 0.000000357. The zero-order valence-corrected chi connectivity index (χ0v) is 75.5. The summed E-state index contributed by atoms with van der Waals surface area (Å²) >= 11 is 0. The molecule has 0 amide bonds. The summed E-state index contributed by atoms with van der Waals surface area (Å²) in [5.74, 6) is -8.01. The van der Waals surface area contributed by atoms with E-state index in [1.165, 1.54) is 81.1 Å². The molecule has 0 saturated heterocycles. The van der Waals surface area contributed by atoms with Crippen LogP contribution in [-0.4, -0.2) is 77.3 Å². The Labute approximate surface area is 756 Å². The van der Waals surface area contributed by atoms with E-state index in [1.807, 2.05) is 84.1 Å². The first-order valence-electron chi connectivity index (χ1n) is 35.5. The van der Waals surface area contributed by atoms with Gasteiger partial charge in [0.15, 0.2) is 6.20 Å². The summed E-state index contributed by atoms with van der Waals surface area (Å²) in [6, 6.07) is 65.5. The summed E-state index contributed by atoms with van der Waals surface area (Å²) < 4.78 is 146. The quantitative estimate of drug-likeness (QED) is 0.0447. The predicted octanol–water partition coefficient (Wildman–Crippen LogP) is 18.5. The van der Waals surface area contributed by atoms with E-state index < -0.39 is 75.0 Å². The first-order chi connectivity index (χ1) is 56.8. The van der Waals surface area contributed by atoms with Gasteiger partial charge in [0.05, 0.1) is 25.5 Å². The number of pyridine rings is 5. The van der Waals surface area contributed by atoms with Gasteiger partial charge < -0.3 is 40.4 Å². The van der Waals surface area contributed by atoms with E-state index in [-0.39, 0.29) is 151 Å². The van der Waals surface area contributed by atoms with Gasteiger partial charge in [-0.15, -0.1) is 127 Å². The molecule has 0 aliphatic heterocycles. The smallest absolute Gasteiger partial charge is 0.354 e. The Morgan fingerprint density at radius 3 is 1.24 bits per heavy atom. The van der Waals surface area contributed by atoms with Crippen molar-refractivity contribution >= 4 is 17.5 Å². The van der Waals surface area contributed by atoms with Crippen molar-refractivity contribution in [2.75, 3.05) is 0 Å². The minimum absolute atomic E-state index is 0. The topological polar surface area (TPSA) is 230 Å². The minimum Gasteiger partial charge on any atom is -0.477 e. The molecule has 32 heteroatoms. The molecule has 3 N–H and O–H groups in total. The fourth-order valence-corrected chi connectivity index (χ4v) is 9.27. The Morgan fingerprint density at radius 2 is 0.854 bits per heavy atom. The molecular weight excluding hydrogens is 2320 g/mol. The SMILES string of the molecule is CC(C)(C)C(=O)CC(=O)C(C)(C)C.Cc1ccnc(-c2[c-]cccc2)c1.Fc1c[c-]c(-[n+]2ccc[n-]2)c(F)c1.Fc1c[c-]c(-n2cccn2)c(F)c1.Fc1c[c-]c(-n2cccn2)c(F)c1.Fc1ccc[c-]c1-c1ccccn1.O=C(O)c1ccccn1.OCc1ccnc(-c2[c-]cc(F)cc2F)c1.OCc1ccnc(-c2[c-]cc(F)cc2F)c1.[Ir].[Ir].[Ir].[Ir]. The molecule has 4 radical (unpaired) electrons. The van der Waals surface area contributed by atoms with Crippen molar-refractivity contribution in [1.29, 1.82) is 0 Å². The molecule has 8 aromatic heterocycles. The van der Waals surface area contributed by atoms with E-state index in [4.69, 9.17) is 15.3 Å². The molecule has 8 heterocycles. The number of carboxylic acid groups (broad SMARTS) is 1. The number of Topliss-reactive ketones (excluding diaryl/α,β-unsaturated/α-hetero) is 2. The van der Waals surface area contributed by atoms with E-state index in [0.29, 0.717) is 33.8 Å². The molecule has 0 spiro atoms. The molecule has 0 aliphatic rings. The maximum atomic E-state index is 13.4. The Morgan fingerprint density at radius 1 is 0.415 bits per heavy atom. The molecule has 648 valence electrons. The summed E-state index contributed by atoms with van der Waals surface area (Å²) in [6.07, 6.45) is 17.1. The largest absolute Gasteiger partial charge is 0.477 e. The van der Waals surface area contributed by atoms with Gasteiger partial charge in [-0.3, -0.25) is 71.9 Å². The van der Waals surface area contributed by atoms with Gasteiger partial charge in [0.2, 0.25) is 0 Å². The number of hydrogen-bond donors (Lipinski definition) is 3. The third-order valence-electron chi connectivity index (χ3n) is 15.5. The number of nitrogens with zero attached hydrogens (tertiary/aromatic N) is 11. The number of ketones is 2. The molecule has 0 atom stereocenters. The number of aromatic nitrogens is 11. The van der Waals surface area contributed by atoms with Crippen LogP contribution in [0.5, 0.6) is 0 Å². The Hall–Kier alpha value is -11.5. The standard InChI is InChI=1S/2C12H8F2NO.C12H10N.C11H7FN.C11H20O2.3C9H5F2N2.C6H5NO2.4Ir/c2*13-9-1-2-10(11(14)6-9)12-5-8(7-16)3-4-15-12;1-10-7-8-13-12(9-10)11-5-3-2-4-6-11;12-10-6-2-1-5-9(10)11-7-3-4-8-13-11;1-10(2,3)8(12)7-9(13)11(4,5)6;3*10-7-2-3-9(8(11)6-7)13-5-1-4-12-13;8-6(9)5-3-1-2-4-7-5;;;;/h2*1,3-6,16H,7H2;2-5,7-9H,1H3;1-4,6-8H;7H2,1-6H3;3*1-2,4-6H;1-4H,(H,8,9);;;;/q4*-1;;3*-1;;;;;. The van der Waals surface area contributed by atoms with Crippen molar-refractivity contribution in [3.63, 3.8) is 0 Å².